The van der Waals surface area contributed by atoms with Crippen molar-refractivity contribution >= 4 is 42.1 Å². The van der Waals surface area contributed by atoms with E-state index in [1.165, 1.54) is 422 Å². The molecule has 0 aliphatic carbocycles. The number of rotatable bonds is 70. The molecule has 0 saturated carbocycles. The van der Waals surface area contributed by atoms with Gasteiger partial charge in [-0.3, -0.25) is 0 Å². The van der Waals surface area contributed by atoms with Crippen LogP contribution in [0.5, 0.6) is 0 Å². The van der Waals surface area contributed by atoms with Crippen LogP contribution in [0.2, 0.25) is 0 Å². The lowest BCUT2D eigenvalue weighted by molar-refractivity contribution is -0.138. The second-order valence-electron chi connectivity index (χ2n) is 35.1. The quantitative estimate of drug-likeness (QED) is 0.0138. The van der Waals surface area contributed by atoms with Crippen molar-refractivity contribution in [3.05, 3.63) is 119 Å². The maximum Gasteiger partial charge on any atom is 0.416 e. The van der Waals surface area contributed by atoms with E-state index in [2.05, 4.69) is 41.5 Å². The van der Waals surface area contributed by atoms with Crippen LogP contribution in [-0.2, 0) is 24.7 Å². The summed E-state index contributed by atoms with van der Waals surface area (Å²) in [5, 5.41) is 0. The van der Waals surface area contributed by atoms with Crippen LogP contribution >= 0.6 is 14.1 Å². The summed E-state index contributed by atoms with van der Waals surface area (Å²) < 4.78 is 167. The smallest absolute Gasteiger partial charge is 0.195 e. The Morgan fingerprint density at radius 2 is 0.293 bits per heavy atom. The summed E-state index contributed by atoms with van der Waals surface area (Å²) in [7, 11) is -2.81. The van der Waals surface area contributed by atoms with Crippen molar-refractivity contribution in [1.82, 2.24) is 4.17 Å². The summed E-state index contributed by atoms with van der Waals surface area (Å²) in [5.41, 5.74) is -4.29. The molecule has 0 aliphatic rings. The van der Waals surface area contributed by atoms with Crippen LogP contribution in [0.4, 0.5) is 52.7 Å². The van der Waals surface area contributed by atoms with Gasteiger partial charge in [-0.1, -0.05) is 485 Å². The molecule has 0 bridgehead atoms. The van der Waals surface area contributed by atoms with Gasteiger partial charge in [0, 0.05) is 37.0 Å². The van der Waals surface area contributed by atoms with Crippen LogP contribution in [0.3, 0.4) is 0 Å². The lowest BCUT2D eigenvalue weighted by Crippen LogP contribution is -2.74. The monoisotopic (exact) mass is 1680 g/mol. The first-order chi connectivity index (χ1) is 55.9. The lowest BCUT2D eigenvalue weighted by Gasteiger charge is -2.44. The van der Waals surface area contributed by atoms with Crippen LogP contribution in [0.1, 0.15) is 449 Å². The second-order valence-corrected chi connectivity index (χ2v) is 42.8. The fourth-order valence-corrected chi connectivity index (χ4v) is 29.3. The zero-order valence-electron chi connectivity index (χ0n) is 74.4. The van der Waals surface area contributed by atoms with Crippen molar-refractivity contribution in [1.29, 1.82) is 0 Å². The van der Waals surface area contributed by atoms with Gasteiger partial charge in [-0.05, 0) is 38.5 Å². The van der Waals surface area contributed by atoms with Crippen molar-refractivity contribution in [3.8, 4) is 0 Å². The molecule has 1 nitrogen and oxygen atoms in total. The maximum atomic E-state index is 13.3. The van der Waals surface area contributed by atoms with Crippen molar-refractivity contribution in [3.63, 3.8) is 0 Å². The molecule has 0 aliphatic heterocycles. The number of halogens is 12. The maximum absolute atomic E-state index is 13.3. The molecule has 0 saturated heterocycles. The molecule has 4 aromatic carbocycles. The minimum absolute atomic E-state index is 0.0114. The van der Waals surface area contributed by atoms with Gasteiger partial charge >= 0.3 is 24.7 Å². The van der Waals surface area contributed by atoms with Crippen LogP contribution < -0.4 is 26.0 Å². The predicted octanol–water partition coefficient (Wildman–Crippen LogP) is 35.1. The Morgan fingerprint density at radius 1 is 0.181 bits per heavy atom. The van der Waals surface area contributed by atoms with Gasteiger partial charge in [-0.25, -0.2) is 0 Å². The highest BCUT2D eigenvalue weighted by molar-refractivity contribution is 7.73. The van der Waals surface area contributed by atoms with Gasteiger partial charge in [-0.2, -0.15) is 78.7 Å². The van der Waals surface area contributed by atoms with E-state index in [1.807, 2.05) is 0 Å². The number of benzene rings is 4. The highest BCUT2D eigenvalue weighted by Crippen LogP contribution is 2.57. The molecule has 668 valence electrons. The molecule has 0 fully saturated rings. The molecule has 0 heterocycles. The van der Waals surface area contributed by atoms with Crippen molar-refractivity contribution in [2.24, 2.45) is 0 Å². The normalized spacial score (nSPS) is 12.6. The molecule has 16 heteroatoms. The fourth-order valence-electron chi connectivity index (χ4n) is 17.7. The van der Waals surface area contributed by atoms with E-state index in [1.54, 1.807) is 0 Å². The third-order valence-electron chi connectivity index (χ3n) is 24.9. The van der Waals surface area contributed by atoms with Crippen molar-refractivity contribution < 1.29 is 52.7 Å². The van der Waals surface area contributed by atoms with Crippen LogP contribution in [0.25, 0.3) is 0 Å². The molecule has 0 N–H and O–H groups in total. The van der Waals surface area contributed by atoms with Gasteiger partial charge in [0.1, 0.15) is 6.15 Å². The molecule has 0 unspecified atom stereocenters. The van der Waals surface area contributed by atoms with Crippen molar-refractivity contribution in [2.75, 3.05) is 37.0 Å². The standard InChI is InChI=1S/C72H150NP2.C28H16BF12/c1-7-13-19-25-31-37-43-49-55-61-67-74(68-62-56-50-44-38-32-26-20-14-8-2,69-63-57-51-45-39-33-27-21-15-9-3)73-75(70-64-58-52-46-40-34-28-22-16-10-4,71-65-59-53-47-41-35-29-23-17-11-5)72-66-60-54-48-42-36-30-24-18-12-6;30-25(31,32)17-1-9-21(10-2-17)29(22-11-3-18(4-12-22)26(33,34)35,23-13-5-19(6-14-23)27(36,37)38)24-15-7-20(8-16-24)28(39,40)41/h7-72H2,1-6H3;1-16H/q+1;-1. The van der Waals surface area contributed by atoms with E-state index >= 15 is 0 Å². The van der Waals surface area contributed by atoms with E-state index in [-0.39, 0.29) is 21.9 Å². The third-order valence-corrected chi connectivity index (χ3v) is 34.8. The van der Waals surface area contributed by atoms with E-state index in [0.717, 1.165) is 48.5 Å². The zero-order valence-corrected chi connectivity index (χ0v) is 76.2. The largest absolute Gasteiger partial charge is 0.416 e. The second kappa shape index (κ2) is 64.5. The van der Waals surface area contributed by atoms with E-state index in [4.69, 9.17) is 4.17 Å². The molecule has 0 amide bonds. The van der Waals surface area contributed by atoms with E-state index in [0.29, 0.717) is 48.5 Å². The molecule has 0 radical (unpaired) electrons. The summed E-state index contributed by atoms with van der Waals surface area (Å²) in [6.07, 6.45) is 75.2. The summed E-state index contributed by atoms with van der Waals surface area (Å²) in [6, 6.07) is 13.6. The summed E-state index contributed by atoms with van der Waals surface area (Å²) in [6.45, 7) is 14.2. The van der Waals surface area contributed by atoms with Crippen LogP contribution in [-0.4, -0.2) is 43.1 Å². The van der Waals surface area contributed by atoms with Gasteiger partial charge in [0.15, 0.2) is 0 Å². The molecule has 4 aromatic rings. The number of alkyl halides is 12. The molecule has 116 heavy (non-hydrogen) atoms. The molecule has 0 atom stereocenters. The number of hydrogen-bond acceptors (Lipinski definition) is 0. The van der Waals surface area contributed by atoms with Gasteiger partial charge in [0.25, 0.3) is 0 Å². The third kappa shape index (κ3) is 46.8. The van der Waals surface area contributed by atoms with Gasteiger partial charge in [-0.15, -0.1) is 0 Å². The highest BCUT2D eigenvalue weighted by atomic mass is 31.2. The van der Waals surface area contributed by atoms with Crippen LogP contribution in [0, 0.1) is 0 Å². The number of hydrogen-bond donors (Lipinski definition) is 0. The summed E-state index contributed by atoms with van der Waals surface area (Å²) in [5.74, 6) is 0. The summed E-state index contributed by atoms with van der Waals surface area (Å²) in [4.78, 5) is 0. The highest BCUT2D eigenvalue weighted by Gasteiger charge is 2.40. The lowest BCUT2D eigenvalue weighted by atomic mass is 9.13. The SMILES string of the molecule is CCCCCCCCCCCCP(CCCCCCCCCCCC)(CCCCCCCCCCCC)=[N+]=P(CCCCCCCCCCCC)(CCCCCCCCCCCC)CCCCCCCCCCCC.FC(F)(F)c1ccc([B-](c2ccc(C(F)(F)F)cc2)(c2ccc(C(F)(F)F)cc2)c2ccc(C(F)(F)F)cc2)cc1. The molecular weight excluding hydrogens is 1520 g/mol. The molecule has 4 rings (SSSR count). The Morgan fingerprint density at radius 3 is 0.405 bits per heavy atom. The first-order valence-corrected chi connectivity index (χ1v) is 52.8. The molecule has 0 spiro atoms. The van der Waals surface area contributed by atoms with Crippen molar-refractivity contribution in [2.45, 2.75) is 451 Å². The van der Waals surface area contributed by atoms with Gasteiger partial charge in [0.2, 0.25) is 14.1 Å². The van der Waals surface area contributed by atoms with E-state index in [9.17, 15) is 52.7 Å². The average Bonchev–Trinajstić information content (AvgIpc) is 0.727. The zero-order chi connectivity index (χ0) is 84.8. The van der Waals surface area contributed by atoms with Gasteiger partial charge < -0.3 is 0 Å². The Bertz CT molecular complexity index is 2620. The Labute approximate surface area is 702 Å². The first-order valence-electron chi connectivity index (χ1n) is 48.2. The summed E-state index contributed by atoms with van der Waals surface area (Å²) >= 11 is 0. The fraction of sp³-hybridized carbons (Fsp3) is 0.760. The number of unbranched alkanes of at least 4 members (excludes halogenated alkanes) is 54. The first kappa shape index (κ1) is 107. The molecule has 0 aromatic heterocycles. The Kier molecular flexibility index (Phi) is 59.4. The van der Waals surface area contributed by atoms with Gasteiger partial charge in [0.05, 0.1) is 22.3 Å². The van der Waals surface area contributed by atoms with E-state index < -0.39 is 67.2 Å². The van der Waals surface area contributed by atoms with Crippen LogP contribution in [0.15, 0.2) is 97.1 Å². The Balaban J connectivity index is 0.000000706. The number of nitrogens with zero attached hydrogens (tertiary/aromatic N) is 1. The molecular formula is C100H166BF12NP2. The minimum Gasteiger partial charge on any atom is -0.195 e. The average molecular weight is 1680 g/mol. The predicted molar refractivity (Wildman–Crippen MR) is 486 cm³/mol. The minimum atomic E-state index is -4.77. The topological polar surface area (TPSA) is 14.1 Å². The Hall–Kier alpha value is -3.33.